The van der Waals surface area contributed by atoms with E-state index in [0.717, 1.165) is 0 Å². The van der Waals surface area contributed by atoms with E-state index < -0.39 is 284 Å². The van der Waals surface area contributed by atoms with Gasteiger partial charge in [0.2, 0.25) is 0 Å². The van der Waals surface area contributed by atoms with Crippen molar-refractivity contribution < 1.29 is 261 Å². The zero-order valence-electron chi connectivity index (χ0n) is 44.7. The van der Waals surface area contributed by atoms with E-state index in [4.69, 9.17) is 33.2 Å². The first kappa shape index (κ1) is 87.4. The Bertz CT molecular complexity index is 4320. The zero-order valence-corrected chi connectivity index (χ0v) is 55.3. The summed E-state index contributed by atoms with van der Waals surface area (Å²) in [6.45, 7) is -8.63. The molecule has 0 aromatic carbocycles. The van der Waals surface area contributed by atoms with Crippen LogP contribution in [0.1, 0.15) is 0 Å². The number of aliphatic hydroxyl groups is 1. The Balaban J connectivity index is 2.08. The molecule has 0 aromatic heterocycles. The van der Waals surface area contributed by atoms with Gasteiger partial charge in [0, 0.05) is 0 Å². The van der Waals surface area contributed by atoms with Crippen molar-refractivity contribution in [3.8, 4) is 0 Å². The molecule has 60 nitrogen and oxygen atoms in total. The van der Waals surface area contributed by atoms with Gasteiger partial charge in [-0.2, -0.15) is 109 Å². The first-order valence-corrected chi connectivity index (χ1v) is 40.4. The highest BCUT2D eigenvalue weighted by Gasteiger charge is 2.62. The quantitative estimate of drug-likeness (QED) is 0.0259. The predicted molar refractivity (Wildman–Crippen MR) is 269 cm³/mol. The average Bonchev–Trinajstić information content (AvgIpc) is 0.768. The molecule has 0 spiro atoms. The van der Waals surface area contributed by atoms with E-state index in [1.165, 1.54) is 0 Å². The monoisotopic (exact) mass is 1710 g/mol. The minimum Gasteiger partial charge on any atom is -0.394 e. The van der Waals surface area contributed by atoms with Crippen LogP contribution in [-0.4, -0.2) is 323 Å². The topological polar surface area (TPSA) is 912 Å². The Morgan fingerprint density at radius 3 is 0.660 bits per heavy atom. The summed E-state index contributed by atoms with van der Waals surface area (Å²) in [4.78, 5) is 0. The van der Waals surface area contributed by atoms with Crippen molar-refractivity contribution >= 4 is 135 Å². The maximum atomic E-state index is 12.6. The molecule has 0 saturated carbocycles. The molecule has 0 bridgehead atoms. The van der Waals surface area contributed by atoms with Crippen molar-refractivity contribution in [1.29, 1.82) is 0 Å². The molecule has 4 saturated heterocycles. The van der Waals surface area contributed by atoms with Gasteiger partial charge in [0.05, 0.1) is 26.4 Å². The Kier molecular flexibility index (Phi) is 28.6. The fraction of sp³-hybridized carbons (Fsp3) is 1.00. The normalized spacial score (nSPS) is 33.1. The SMILES string of the molecule is O=S(=O)(O)OC[C@H]1O[C@H](OC[C@H]2O[C@@H](O[C@H]3[C@H](OS(=O)(=O)O)[C@@H](OS(=O)(=O)O)[C@@H](O[C@H]4O[C@H](COS(=O)(=O)O)[C@@H](OS(=O)(=O)O)[C@H](OS(=O)(=O)O)[C@H]4OS(=O)(=O)O)O[C@@H]3CO)[C@H](OS(=O)(=O)O)[C@@H](OS(=O)(=O)O)[C@@H]2OS(=O)(=O)O)[C@H](OS(=O)(=O)O)[C@@H](OS(=O)(=O)O)[C@@H]1OS(=O)(=O)O. The molecule has 4 aliphatic rings. The van der Waals surface area contributed by atoms with Gasteiger partial charge in [-0.05, 0) is 0 Å². The second kappa shape index (κ2) is 31.8. The van der Waals surface area contributed by atoms with Crippen molar-refractivity contribution in [2.24, 2.45) is 0 Å². The summed E-state index contributed by atoms with van der Waals surface area (Å²) in [7, 11) is -82.9. The van der Waals surface area contributed by atoms with Gasteiger partial charge in [-0.25, -0.2) is 54.4 Å². The lowest BCUT2D eigenvalue weighted by atomic mass is 9.96. The highest BCUT2D eigenvalue weighted by Crippen LogP contribution is 2.41. The second-order valence-electron chi connectivity index (χ2n) is 17.7. The van der Waals surface area contributed by atoms with Crippen molar-refractivity contribution in [3.05, 3.63) is 0 Å². The first-order chi connectivity index (χ1) is 43.1. The Morgan fingerprint density at radius 1 is 0.216 bits per heavy atom. The van der Waals surface area contributed by atoms with Crippen molar-refractivity contribution in [3.63, 3.8) is 0 Å². The Labute approximate surface area is 542 Å². The highest BCUT2D eigenvalue weighted by molar-refractivity contribution is 7.83. The van der Waals surface area contributed by atoms with Gasteiger partial charge >= 0.3 is 135 Å². The first-order valence-electron chi connectivity index (χ1n) is 22.7. The molecule has 4 rings (SSSR count). The molecule has 4 heterocycles. The minimum absolute atomic E-state index is 2.07. The summed E-state index contributed by atoms with van der Waals surface area (Å²) in [5.74, 6) is 0. The Morgan fingerprint density at radius 2 is 0.412 bits per heavy atom. The van der Waals surface area contributed by atoms with Gasteiger partial charge in [-0.3, -0.25) is 59.2 Å². The van der Waals surface area contributed by atoms with E-state index in [1.807, 2.05) is 0 Å². The molecule has 4 aliphatic heterocycles. The van der Waals surface area contributed by atoms with Crippen LogP contribution < -0.4 is 0 Å². The average molecular weight is 1710 g/mol. The van der Waals surface area contributed by atoms with Crippen LogP contribution >= 0.6 is 0 Å². The lowest BCUT2D eigenvalue weighted by Gasteiger charge is -2.49. The summed E-state index contributed by atoms with van der Waals surface area (Å²) in [5, 5.41) is 10.7. The lowest BCUT2D eigenvalue weighted by molar-refractivity contribution is -0.383. The second-order valence-corrected chi connectivity index (χ2v) is 31.4. The van der Waals surface area contributed by atoms with Crippen LogP contribution in [0, 0.1) is 0 Å². The fourth-order valence-electron chi connectivity index (χ4n) is 8.22. The molecule has 4 fully saturated rings. The minimum atomic E-state index is -6.64. The zero-order chi connectivity index (χ0) is 75.0. The lowest BCUT2D eigenvalue weighted by Crippen LogP contribution is -2.68. The number of aliphatic hydroxyl groups excluding tert-OH is 1. The van der Waals surface area contributed by atoms with E-state index in [0.29, 0.717) is 0 Å². The van der Waals surface area contributed by atoms with Gasteiger partial charge in [0.25, 0.3) is 0 Å². The van der Waals surface area contributed by atoms with Crippen LogP contribution in [0.3, 0.4) is 0 Å². The van der Waals surface area contributed by atoms with E-state index >= 15 is 0 Å². The number of rotatable bonds is 36. The molecule has 0 radical (unpaired) electrons. The van der Waals surface area contributed by atoms with Gasteiger partial charge in [0.15, 0.2) is 49.6 Å². The number of hydrogen-bond donors (Lipinski definition) is 14. The fourth-order valence-corrected chi connectivity index (χ4v) is 14.3. The van der Waals surface area contributed by atoms with E-state index in [1.54, 1.807) is 0 Å². The summed E-state index contributed by atoms with van der Waals surface area (Å²) in [6, 6.07) is 0. The molecule has 97 heavy (non-hydrogen) atoms. The van der Waals surface area contributed by atoms with Crippen LogP contribution in [0.2, 0.25) is 0 Å². The van der Waals surface area contributed by atoms with Crippen LogP contribution in [-0.2, 0) is 223 Å². The third kappa shape index (κ3) is 31.1. The summed E-state index contributed by atoms with van der Waals surface area (Å²) in [5.41, 5.74) is 0. The molecule has 20 atom stereocenters. The Hall–Kier alpha value is -2.01. The van der Waals surface area contributed by atoms with Crippen LogP contribution in [0.5, 0.6) is 0 Å². The van der Waals surface area contributed by atoms with Crippen molar-refractivity contribution in [2.45, 2.75) is 123 Å². The smallest absolute Gasteiger partial charge is 0.394 e. The number of ether oxygens (including phenoxy) is 7. The van der Waals surface area contributed by atoms with Crippen LogP contribution in [0.4, 0.5) is 0 Å². The molecule has 0 aliphatic carbocycles. The summed E-state index contributed by atoms with van der Waals surface area (Å²) >= 11 is 0. The summed E-state index contributed by atoms with van der Waals surface area (Å²) < 4.78 is 532. The third-order valence-electron chi connectivity index (χ3n) is 10.9. The van der Waals surface area contributed by atoms with Gasteiger partial charge < -0.3 is 38.3 Å². The molecule has 0 aromatic rings. The summed E-state index contributed by atoms with van der Waals surface area (Å²) in [6.07, 6.45) is -70.1. The van der Waals surface area contributed by atoms with E-state index in [2.05, 4.69) is 54.4 Å². The highest BCUT2D eigenvalue weighted by atomic mass is 32.3. The molecule has 0 amide bonds. The van der Waals surface area contributed by atoms with Gasteiger partial charge in [0.1, 0.15) is 73.2 Å². The molecule has 73 heteroatoms. The molecule has 576 valence electrons. The standard InChI is InChI=1S/C24H42O60S13/c25-1-5-9(13(77-90(41,42)43)18(82-95(56,57)58)23(68-5)73-24-20(84-97(62,63)64)16(80-93(50,51)52)12(76-89(38,39)40)8(71-24)4-67-86(29,30)31)72-22-19(83-96(59,60)61)15(79-92(47,48)49)10(74-87(32,33)34)6(70-22)2-65-21-17(81-94(53,54)55)14(78-91(44,45)46)11(75-88(35,36)37)7(69-21)3-66-85(26,27)28/h5-25H,1-4H2,(H,26,27,28)(H,29,30,31)(H,32,33,34)(H,35,36,37)(H,38,39,40)(H,41,42,43)(H,44,45,46)(H,47,48,49)(H,50,51,52)(H,53,54,55)(H,56,57,58)(H,59,60,61)(H,62,63,64)/t5-,6-,7-,8-,9-,10-,11-,12-,13+,14+,15+,16+,17-,18-,19-,20-,21+,22+,23-,24-/m1/s1. The van der Waals surface area contributed by atoms with Gasteiger partial charge in [-0.1, -0.05) is 0 Å². The maximum Gasteiger partial charge on any atom is 0.397 e. The van der Waals surface area contributed by atoms with Gasteiger partial charge in [-0.15, -0.1) is 0 Å². The largest absolute Gasteiger partial charge is 0.397 e. The van der Waals surface area contributed by atoms with E-state index in [9.17, 15) is 174 Å². The van der Waals surface area contributed by atoms with Crippen molar-refractivity contribution in [1.82, 2.24) is 0 Å². The van der Waals surface area contributed by atoms with Crippen LogP contribution in [0.25, 0.3) is 0 Å². The maximum absolute atomic E-state index is 12.6. The molecular weight excluding hydrogens is 1670 g/mol. The number of hydrogen-bond acceptors (Lipinski definition) is 47. The third-order valence-corrected chi connectivity index (χ3v) is 16.8. The molecule has 0 unspecified atom stereocenters. The predicted octanol–water partition coefficient (Wildman–Crippen LogP) is -12.0. The molecule has 14 N–H and O–H groups in total. The van der Waals surface area contributed by atoms with E-state index in [-0.39, 0.29) is 0 Å². The van der Waals surface area contributed by atoms with Crippen molar-refractivity contribution in [2.75, 3.05) is 26.4 Å². The van der Waals surface area contributed by atoms with Crippen LogP contribution in [0.15, 0.2) is 0 Å². The molecular formula is C24H42O60S13.